The van der Waals surface area contributed by atoms with Gasteiger partial charge in [-0.2, -0.15) is 26.3 Å². The van der Waals surface area contributed by atoms with Gasteiger partial charge in [-0.25, -0.2) is 4.98 Å². The third kappa shape index (κ3) is 7.00. The molecule has 0 radical (unpaired) electrons. The first-order valence-corrected chi connectivity index (χ1v) is 14.5. The van der Waals surface area contributed by atoms with Crippen LogP contribution in [-0.2, 0) is 31.6 Å². The molecule has 2 heterocycles. The van der Waals surface area contributed by atoms with Crippen LogP contribution < -0.4 is 10.2 Å². The first kappa shape index (κ1) is 30.2. The van der Waals surface area contributed by atoms with Crippen LogP contribution in [0.3, 0.4) is 0 Å². The van der Waals surface area contributed by atoms with Gasteiger partial charge in [-0.1, -0.05) is 17.9 Å². The summed E-state index contributed by atoms with van der Waals surface area (Å²) in [5.74, 6) is 1.47. The number of pyridine rings is 1. The van der Waals surface area contributed by atoms with Gasteiger partial charge in [0.1, 0.15) is 5.82 Å². The van der Waals surface area contributed by atoms with Gasteiger partial charge in [0.2, 0.25) is 5.89 Å². The molecule has 2 aliphatic carbocycles. The number of anilines is 2. The van der Waals surface area contributed by atoms with Crippen molar-refractivity contribution in [2.75, 3.05) is 23.3 Å². The van der Waals surface area contributed by atoms with Crippen molar-refractivity contribution in [2.24, 2.45) is 5.92 Å². The minimum atomic E-state index is -4.94. The largest absolute Gasteiger partial charge is 0.416 e. The van der Waals surface area contributed by atoms with Gasteiger partial charge < -0.3 is 14.6 Å². The maximum atomic E-state index is 13.7. The number of nitrogens with zero attached hydrogens (tertiary/aromatic N) is 4. The lowest BCUT2D eigenvalue weighted by atomic mass is 9.90. The molecule has 3 aromatic rings. The third-order valence-electron chi connectivity index (χ3n) is 8.23. The fraction of sp³-hybridized carbons (Fsp3) is 0.567. The van der Waals surface area contributed by atoms with Crippen LogP contribution in [0, 0.1) is 12.8 Å². The first-order valence-electron chi connectivity index (χ1n) is 14.5. The number of fused-ring (bicyclic) bond motifs is 1. The van der Waals surface area contributed by atoms with Crippen LogP contribution >= 0.6 is 0 Å². The highest BCUT2D eigenvalue weighted by Crippen LogP contribution is 2.39. The zero-order valence-electron chi connectivity index (χ0n) is 23.7. The Morgan fingerprint density at radius 2 is 1.60 bits per heavy atom. The molecule has 1 saturated carbocycles. The summed E-state index contributed by atoms with van der Waals surface area (Å²) in [6.07, 6.45) is -1.88. The van der Waals surface area contributed by atoms with Crippen LogP contribution in [0.4, 0.5) is 38.2 Å². The van der Waals surface area contributed by atoms with Crippen molar-refractivity contribution in [2.45, 2.75) is 90.0 Å². The topological polar surface area (TPSA) is 67.1 Å². The Kier molecular flexibility index (Phi) is 8.71. The van der Waals surface area contributed by atoms with Gasteiger partial charge in [-0.15, -0.1) is 5.10 Å². The summed E-state index contributed by atoms with van der Waals surface area (Å²) in [6, 6.07) is 2.98. The Labute approximate surface area is 240 Å². The number of halogens is 6. The Balaban J connectivity index is 1.62. The molecule has 228 valence electrons. The Bertz CT molecular complexity index is 1350. The van der Waals surface area contributed by atoms with Gasteiger partial charge in [0.15, 0.2) is 0 Å². The van der Waals surface area contributed by atoms with E-state index in [1.807, 2.05) is 13.0 Å². The maximum absolute atomic E-state index is 13.7. The molecule has 0 aliphatic heterocycles. The predicted molar refractivity (Wildman–Crippen MR) is 146 cm³/mol. The summed E-state index contributed by atoms with van der Waals surface area (Å²) in [6.45, 7) is 5.07. The van der Waals surface area contributed by atoms with Crippen LogP contribution in [0.25, 0.3) is 0 Å². The number of benzene rings is 1. The fourth-order valence-electron chi connectivity index (χ4n) is 6.14. The summed E-state index contributed by atoms with van der Waals surface area (Å²) < 4.78 is 87.8. The minimum Gasteiger partial charge on any atom is -0.408 e. The van der Waals surface area contributed by atoms with Crippen LogP contribution in [0.5, 0.6) is 0 Å². The maximum Gasteiger partial charge on any atom is 0.416 e. The van der Waals surface area contributed by atoms with E-state index >= 15 is 0 Å². The van der Waals surface area contributed by atoms with E-state index in [4.69, 9.17) is 9.40 Å². The number of hydrogen-bond donors (Lipinski definition) is 1. The minimum absolute atomic E-state index is 0.0306. The fourth-order valence-corrected chi connectivity index (χ4v) is 6.14. The van der Waals surface area contributed by atoms with Crippen molar-refractivity contribution in [1.82, 2.24) is 15.2 Å². The molecule has 1 N–H and O–H groups in total. The van der Waals surface area contributed by atoms with Crippen molar-refractivity contribution < 1.29 is 30.8 Å². The van der Waals surface area contributed by atoms with Crippen molar-refractivity contribution in [3.63, 3.8) is 0 Å². The number of hydrogen-bond acceptors (Lipinski definition) is 6. The molecule has 0 bridgehead atoms. The molecule has 12 heteroatoms. The average molecular weight is 596 g/mol. The lowest BCUT2D eigenvalue weighted by Gasteiger charge is -2.32. The average Bonchev–Trinajstić information content (AvgIpc) is 3.61. The lowest BCUT2D eigenvalue weighted by molar-refractivity contribution is -0.143. The highest BCUT2D eigenvalue weighted by Gasteiger charge is 2.37. The van der Waals surface area contributed by atoms with Crippen molar-refractivity contribution in [3.05, 3.63) is 63.7 Å². The van der Waals surface area contributed by atoms with E-state index < -0.39 is 29.5 Å². The molecule has 42 heavy (non-hydrogen) atoms. The van der Waals surface area contributed by atoms with Gasteiger partial charge in [-0.3, -0.25) is 0 Å². The molecule has 6 nitrogen and oxygen atoms in total. The molecule has 5 rings (SSSR count). The zero-order valence-corrected chi connectivity index (χ0v) is 23.7. The standard InChI is InChI=1S/C30H35F6N5O/c1-3-41(17-19-8-4-5-9-19)27-24(15-21-10-6-7-11-25(21)37-27)26(38-28-40-39-18(2)42-28)14-20-12-22(29(31,32)33)16-23(13-20)30(34,35)36/h12-13,15-16,19,26H,3-11,14,17H2,1-2H3,(H,38,40). The summed E-state index contributed by atoms with van der Waals surface area (Å²) >= 11 is 0. The van der Waals surface area contributed by atoms with Crippen molar-refractivity contribution >= 4 is 11.8 Å². The molecule has 1 fully saturated rings. The number of nitrogens with one attached hydrogen (secondary N) is 1. The highest BCUT2D eigenvalue weighted by atomic mass is 19.4. The van der Waals surface area contributed by atoms with E-state index in [9.17, 15) is 26.3 Å². The van der Waals surface area contributed by atoms with Crippen LogP contribution in [0.1, 0.15) is 90.9 Å². The summed E-state index contributed by atoms with van der Waals surface area (Å²) in [5.41, 5.74) is -0.0771. The second kappa shape index (κ2) is 12.1. The SMILES string of the molecule is CCN(CC1CCCC1)c1nc2c(cc1C(Cc1cc(C(F)(F)F)cc(C(F)(F)F)c1)Nc1nnc(C)o1)CCCC2. The first-order chi connectivity index (χ1) is 19.9. The molecule has 0 saturated heterocycles. The Morgan fingerprint density at radius 1 is 0.929 bits per heavy atom. The van der Waals surface area contributed by atoms with E-state index in [0.717, 1.165) is 68.5 Å². The molecule has 0 amide bonds. The second-order valence-electron chi connectivity index (χ2n) is 11.3. The van der Waals surface area contributed by atoms with Gasteiger partial charge >= 0.3 is 18.4 Å². The summed E-state index contributed by atoms with van der Waals surface area (Å²) in [4.78, 5) is 7.30. The monoisotopic (exact) mass is 595 g/mol. The quantitative estimate of drug-likeness (QED) is 0.252. The van der Waals surface area contributed by atoms with Crippen molar-refractivity contribution in [3.8, 4) is 0 Å². The van der Waals surface area contributed by atoms with E-state index in [1.165, 1.54) is 12.8 Å². The number of aromatic nitrogens is 3. The normalized spacial score (nSPS) is 16.9. The van der Waals surface area contributed by atoms with Crippen LogP contribution in [-0.4, -0.2) is 28.3 Å². The molecule has 1 atom stereocenters. The molecule has 2 aliphatic rings. The van der Waals surface area contributed by atoms with E-state index in [0.29, 0.717) is 23.8 Å². The van der Waals surface area contributed by atoms with E-state index in [-0.39, 0.29) is 30.0 Å². The van der Waals surface area contributed by atoms with Crippen LogP contribution in [0.15, 0.2) is 28.7 Å². The zero-order chi connectivity index (χ0) is 30.1. The smallest absolute Gasteiger partial charge is 0.408 e. The Hall–Kier alpha value is -3.31. The van der Waals surface area contributed by atoms with Gasteiger partial charge in [0, 0.05) is 31.3 Å². The molecular formula is C30H35F6N5O. The van der Waals surface area contributed by atoms with Gasteiger partial charge in [0.25, 0.3) is 0 Å². The van der Waals surface area contributed by atoms with Gasteiger partial charge in [-0.05, 0) is 93.2 Å². The van der Waals surface area contributed by atoms with Crippen LogP contribution in [0.2, 0.25) is 0 Å². The number of aryl methyl sites for hydroxylation is 3. The van der Waals surface area contributed by atoms with Gasteiger partial charge in [0.05, 0.1) is 17.2 Å². The molecule has 2 aromatic heterocycles. The Morgan fingerprint density at radius 3 is 2.19 bits per heavy atom. The third-order valence-corrected chi connectivity index (χ3v) is 8.23. The van der Waals surface area contributed by atoms with Crippen molar-refractivity contribution in [1.29, 1.82) is 0 Å². The second-order valence-corrected chi connectivity index (χ2v) is 11.3. The highest BCUT2D eigenvalue weighted by molar-refractivity contribution is 5.54. The summed E-state index contributed by atoms with van der Waals surface area (Å²) in [5, 5.41) is 11.0. The lowest BCUT2D eigenvalue weighted by Crippen LogP contribution is -2.32. The molecule has 1 aromatic carbocycles. The number of rotatable bonds is 9. The molecule has 0 spiro atoms. The molecule has 1 unspecified atom stereocenters. The van der Waals surface area contributed by atoms with E-state index in [1.54, 1.807) is 6.92 Å². The summed E-state index contributed by atoms with van der Waals surface area (Å²) in [7, 11) is 0. The molecular weight excluding hydrogens is 560 g/mol. The predicted octanol–water partition coefficient (Wildman–Crippen LogP) is 8.10. The number of alkyl halides is 6. The van der Waals surface area contributed by atoms with E-state index in [2.05, 4.69) is 20.4 Å².